The van der Waals surface area contributed by atoms with Gasteiger partial charge in [0.25, 0.3) is 0 Å². The quantitative estimate of drug-likeness (QED) is 0.802. The highest BCUT2D eigenvalue weighted by Gasteiger charge is 2.21. The van der Waals surface area contributed by atoms with Gasteiger partial charge in [0.1, 0.15) is 6.54 Å². The van der Waals surface area contributed by atoms with Crippen molar-refractivity contribution in [2.24, 2.45) is 0 Å². The number of hydrogen-bond acceptors (Lipinski definition) is 2. The first-order valence-electron chi connectivity index (χ1n) is 8.51. The second-order valence-electron chi connectivity index (χ2n) is 6.47. The van der Waals surface area contributed by atoms with Crippen molar-refractivity contribution >= 4 is 16.8 Å². The van der Waals surface area contributed by atoms with Crippen LogP contribution in [0.2, 0.25) is 0 Å². The highest BCUT2D eigenvalue weighted by Crippen LogP contribution is 2.29. The molecule has 0 saturated heterocycles. The zero-order chi connectivity index (χ0) is 16.5. The highest BCUT2D eigenvalue weighted by atomic mass is 16.2. The fourth-order valence-electron chi connectivity index (χ4n) is 3.69. The van der Waals surface area contributed by atoms with Crippen molar-refractivity contribution in [2.75, 3.05) is 0 Å². The molecule has 0 saturated carbocycles. The van der Waals surface area contributed by atoms with Gasteiger partial charge in [-0.1, -0.05) is 42.5 Å². The second kappa shape index (κ2) is 6.11. The van der Waals surface area contributed by atoms with Crippen molar-refractivity contribution in [1.82, 2.24) is 15.1 Å². The summed E-state index contributed by atoms with van der Waals surface area (Å²) in [6.45, 7) is 2.24. The number of aryl methyl sites for hydroxylation is 2. The van der Waals surface area contributed by atoms with Crippen molar-refractivity contribution in [3.63, 3.8) is 0 Å². The molecule has 3 aromatic rings. The van der Waals surface area contributed by atoms with E-state index in [4.69, 9.17) is 0 Å². The monoisotopic (exact) mass is 319 g/mol. The van der Waals surface area contributed by atoms with Crippen LogP contribution in [0.25, 0.3) is 10.9 Å². The number of hydrogen-bond donors (Lipinski definition) is 1. The third-order valence-corrected chi connectivity index (χ3v) is 4.84. The number of nitrogens with zero attached hydrogens (tertiary/aromatic N) is 2. The maximum Gasteiger partial charge on any atom is 0.242 e. The van der Waals surface area contributed by atoms with Crippen LogP contribution < -0.4 is 5.32 Å². The topological polar surface area (TPSA) is 46.9 Å². The summed E-state index contributed by atoms with van der Waals surface area (Å²) in [6.07, 6.45) is 3.22. The molecule has 1 amide bonds. The molecule has 1 unspecified atom stereocenters. The molecular formula is C20H21N3O. The summed E-state index contributed by atoms with van der Waals surface area (Å²) in [5.41, 5.74) is 4.59. The van der Waals surface area contributed by atoms with Crippen LogP contribution in [0, 0.1) is 6.92 Å². The molecule has 1 atom stereocenters. The average Bonchev–Trinajstić information content (AvgIpc) is 2.91. The van der Waals surface area contributed by atoms with Gasteiger partial charge in [0.15, 0.2) is 0 Å². The largest absolute Gasteiger partial charge is 0.348 e. The van der Waals surface area contributed by atoms with E-state index in [-0.39, 0.29) is 18.5 Å². The zero-order valence-electron chi connectivity index (χ0n) is 13.8. The van der Waals surface area contributed by atoms with E-state index in [1.54, 1.807) is 4.68 Å². The second-order valence-corrected chi connectivity index (χ2v) is 6.47. The minimum absolute atomic E-state index is 0.0185. The minimum atomic E-state index is 0.0185. The lowest BCUT2D eigenvalue weighted by Crippen LogP contribution is -2.33. The molecule has 1 aliphatic rings. The Morgan fingerprint density at radius 2 is 2.00 bits per heavy atom. The van der Waals surface area contributed by atoms with Crippen LogP contribution >= 0.6 is 0 Å². The lowest BCUT2D eigenvalue weighted by Gasteiger charge is -2.26. The predicted octanol–water partition coefficient (Wildman–Crippen LogP) is 3.54. The van der Waals surface area contributed by atoms with Crippen LogP contribution in [0.4, 0.5) is 0 Å². The molecule has 1 heterocycles. The minimum Gasteiger partial charge on any atom is -0.348 e. The predicted molar refractivity (Wildman–Crippen MR) is 94.7 cm³/mol. The zero-order valence-corrected chi connectivity index (χ0v) is 13.8. The molecule has 0 bridgehead atoms. The summed E-state index contributed by atoms with van der Waals surface area (Å²) in [4.78, 5) is 12.6. The highest BCUT2D eigenvalue weighted by molar-refractivity contribution is 5.84. The smallest absolute Gasteiger partial charge is 0.242 e. The van der Waals surface area contributed by atoms with Gasteiger partial charge in [-0.05, 0) is 43.4 Å². The van der Waals surface area contributed by atoms with Gasteiger partial charge in [-0.25, -0.2) is 0 Å². The fourth-order valence-corrected chi connectivity index (χ4v) is 3.69. The normalized spacial score (nSPS) is 16.8. The van der Waals surface area contributed by atoms with E-state index >= 15 is 0 Å². The molecule has 0 aliphatic heterocycles. The van der Waals surface area contributed by atoms with Gasteiger partial charge in [0.2, 0.25) is 5.91 Å². The Kier molecular flexibility index (Phi) is 3.81. The van der Waals surface area contributed by atoms with Crippen molar-refractivity contribution in [3.05, 3.63) is 65.4 Å². The first-order valence-corrected chi connectivity index (χ1v) is 8.51. The number of carbonyl (C=O) groups is 1. The van der Waals surface area contributed by atoms with Crippen molar-refractivity contribution in [3.8, 4) is 0 Å². The van der Waals surface area contributed by atoms with Gasteiger partial charge in [-0.2, -0.15) is 5.10 Å². The summed E-state index contributed by atoms with van der Waals surface area (Å²) in [6, 6.07) is 16.6. The molecule has 0 spiro atoms. The lowest BCUT2D eigenvalue weighted by atomic mass is 9.88. The summed E-state index contributed by atoms with van der Waals surface area (Å²) in [5, 5.41) is 8.83. The maximum atomic E-state index is 12.6. The van der Waals surface area contributed by atoms with Crippen LogP contribution in [0.3, 0.4) is 0 Å². The Morgan fingerprint density at radius 3 is 2.92 bits per heavy atom. The van der Waals surface area contributed by atoms with Crippen LogP contribution in [-0.4, -0.2) is 15.7 Å². The Hall–Kier alpha value is -2.62. The Bertz CT molecular complexity index is 897. The molecule has 24 heavy (non-hydrogen) atoms. The van der Waals surface area contributed by atoms with Gasteiger partial charge in [0, 0.05) is 5.39 Å². The molecule has 1 aliphatic carbocycles. The molecule has 2 aromatic carbocycles. The molecule has 0 fully saturated rings. The van der Waals surface area contributed by atoms with Gasteiger partial charge in [-0.15, -0.1) is 0 Å². The van der Waals surface area contributed by atoms with Crippen molar-refractivity contribution in [1.29, 1.82) is 0 Å². The third-order valence-electron chi connectivity index (χ3n) is 4.84. The fraction of sp³-hybridized carbons (Fsp3) is 0.300. The number of benzene rings is 2. The lowest BCUT2D eigenvalue weighted by molar-refractivity contribution is -0.122. The van der Waals surface area contributed by atoms with E-state index in [1.165, 1.54) is 11.1 Å². The van der Waals surface area contributed by atoms with E-state index in [2.05, 4.69) is 28.6 Å². The van der Waals surface area contributed by atoms with E-state index < -0.39 is 0 Å². The molecule has 122 valence electrons. The Morgan fingerprint density at radius 1 is 1.21 bits per heavy atom. The SMILES string of the molecule is Cc1nn(CC(=O)NC2CCCc3ccccc32)c2ccccc12. The van der Waals surface area contributed by atoms with Crippen molar-refractivity contribution in [2.45, 2.75) is 38.8 Å². The molecule has 1 aromatic heterocycles. The molecule has 0 radical (unpaired) electrons. The number of carbonyl (C=O) groups excluding carboxylic acids is 1. The third kappa shape index (κ3) is 2.68. The summed E-state index contributed by atoms with van der Waals surface area (Å²) < 4.78 is 1.80. The van der Waals surface area contributed by atoms with Crippen molar-refractivity contribution < 1.29 is 4.79 Å². The van der Waals surface area contributed by atoms with E-state index in [0.29, 0.717) is 0 Å². The first kappa shape index (κ1) is 14.9. The average molecular weight is 319 g/mol. The van der Waals surface area contributed by atoms with E-state index in [1.807, 2.05) is 37.3 Å². The number of rotatable bonds is 3. The number of amides is 1. The van der Waals surface area contributed by atoms with E-state index in [9.17, 15) is 4.79 Å². The van der Waals surface area contributed by atoms with Crippen LogP contribution in [-0.2, 0) is 17.8 Å². The maximum absolute atomic E-state index is 12.6. The summed E-state index contributed by atoms with van der Waals surface area (Å²) in [7, 11) is 0. The summed E-state index contributed by atoms with van der Waals surface area (Å²) in [5.74, 6) is 0.0185. The van der Waals surface area contributed by atoms with Crippen LogP contribution in [0.5, 0.6) is 0 Å². The molecule has 4 heteroatoms. The molecular weight excluding hydrogens is 298 g/mol. The Labute approximate surface area is 141 Å². The molecule has 4 rings (SSSR count). The number of para-hydroxylation sites is 1. The Balaban J connectivity index is 1.53. The first-order chi connectivity index (χ1) is 11.7. The standard InChI is InChI=1S/C20H21N3O/c1-14-16-9-4-5-12-19(16)23(22-14)13-20(24)21-18-11-6-8-15-7-2-3-10-17(15)18/h2-5,7,9-10,12,18H,6,8,11,13H2,1H3,(H,21,24). The number of fused-ring (bicyclic) bond motifs is 2. The number of aromatic nitrogens is 2. The molecule has 1 N–H and O–H groups in total. The van der Waals surface area contributed by atoms with Crippen LogP contribution in [0.1, 0.15) is 35.7 Å². The van der Waals surface area contributed by atoms with Gasteiger partial charge in [-0.3, -0.25) is 9.48 Å². The van der Waals surface area contributed by atoms with Gasteiger partial charge in [0.05, 0.1) is 17.3 Å². The van der Waals surface area contributed by atoms with Gasteiger partial charge >= 0.3 is 0 Å². The number of nitrogens with one attached hydrogen (secondary N) is 1. The van der Waals surface area contributed by atoms with Gasteiger partial charge < -0.3 is 5.32 Å². The van der Waals surface area contributed by atoms with E-state index in [0.717, 1.165) is 35.9 Å². The summed E-state index contributed by atoms with van der Waals surface area (Å²) >= 11 is 0. The van der Waals surface area contributed by atoms with Crippen LogP contribution in [0.15, 0.2) is 48.5 Å². The molecule has 4 nitrogen and oxygen atoms in total.